The van der Waals surface area contributed by atoms with Gasteiger partial charge >= 0.3 is 0 Å². The van der Waals surface area contributed by atoms with Crippen molar-refractivity contribution in [3.05, 3.63) is 29.3 Å². The molecule has 0 aromatic heterocycles. The third-order valence-corrected chi connectivity index (χ3v) is 2.69. The highest BCUT2D eigenvalue weighted by atomic mass is 16.5. The first-order valence-corrected chi connectivity index (χ1v) is 6.22. The zero-order valence-corrected chi connectivity index (χ0v) is 11.4. The van der Waals surface area contributed by atoms with Gasteiger partial charge in [0.25, 0.3) is 0 Å². The van der Waals surface area contributed by atoms with Crippen molar-refractivity contribution in [1.82, 2.24) is 0 Å². The monoisotopic (exact) mass is 234 g/mol. The van der Waals surface area contributed by atoms with Gasteiger partial charge in [0.05, 0.1) is 7.11 Å². The van der Waals surface area contributed by atoms with E-state index in [0.717, 1.165) is 17.1 Å². The summed E-state index contributed by atoms with van der Waals surface area (Å²) in [5.41, 5.74) is 2.44. The first-order chi connectivity index (χ1) is 8.22. The molecule has 2 rings (SSSR count). The lowest BCUT2D eigenvalue weighted by molar-refractivity contribution is 0.307. The standard InChI is InChI=1S/C13H16O2.C2H6/c1-9(2)11-7-10-5-4-6-12(14-3)13(10)15-8-11;1-2/h4-7,9H,8H2,1-3H3;1-2H3. The molecule has 0 bridgehead atoms. The Morgan fingerprint density at radius 2 is 1.94 bits per heavy atom. The van der Waals surface area contributed by atoms with E-state index in [1.807, 2.05) is 26.0 Å². The van der Waals surface area contributed by atoms with Crippen molar-refractivity contribution in [2.24, 2.45) is 5.92 Å². The van der Waals surface area contributed by atoms with E-state index in [1.165, 1.54) is 5.57 Å². The van der Waals surface area contributed by atoms with Gasteiger partial charge in [0.15, 0.2) is 11.5 Å². The summed E-state index contributed by atoms with van der Waals surface area (Å²) in [7, 11) is 1.67. The number of rotatable bonds is 2. The zero-order chi connectivity index (χ0) is 12.8. The lowest BCUT2D eigenvalue weighted by atomic mass is 9.98. The van der Waals surface area contributed by atoms with Gasteiger partial charge in [-0.25, -0.2) is 0 Å². The van der Waals surface area contributed by atoms with E-state index in [2.05, 4.69) is 26.0 Å². The normalized spacial score (nSPS) is 12.9. The number of methoxy groups -OCH3 is 1. The molecule has 1 aromatic rings. The summed E-state index contributed by atoms with van der Waals surface area (Å²) in [4.78, 5) is 0. The summed E-state index contributed by atoms with van der Waals surface area (Å²) in [5, 5.41) is 0. The number of fused-ring (bicyclic) bond motifs is 1. The summed E-state index contributed by atoms with van der Waals surface area (Å²) < 4.78 is 11.0. The molecule has 0 radical (unpaired) electrons. The molecule has 94 valence electrons. The lowest BCUT2D eigenvalue weighted by Crippen LogP contribution is -2.11. The number of hydrogen-bond acceptors (Lipinski definition) is 2. The Bertz CT molecular complexity index is 392. The zero-order valence-electron chi connectivity index (χ0n) is 11.4. The van der Waals surface area contributed by atoms with Crippen LogP contribution in [0.4, 0.5) is 0 Å². The highest BCUT2D eigenvalue weighted by Crippen LogP contribution is 2.36. The Morgan fingerprint density at radius 1 is 1.24 bits per heavy atom. The smallest absolute Gasteiger partial charge is 0.168 e. The van der Waals surface area contributed by atoms with Crippen LogP contribution in [0, 0.1) is 5.92 Å². The number of hydrogen-bond donors (Lipinski definition) is 0. The molecule has 0 fully saturated rings. The quantitative estimate of drug-likeness (QED) is 0.765. The van der Waals surface area contributed by atoms with Crippen LogP contribution in [0.2, 0.25) is 0 Å². The molecule has 0 N–H and O–H groups in total. The molecule has 1 aliphatic rings. The van der Waals surface area contributed by atoms with Crippen molar-refractivity contribution in [3.63, 3.8) is 0 Å². The second-order valence-corrected chi connectivity index (χ2v) is 4.04. The average Bonchev–Trinajstić information content (AvgIpc) is 2.39. The summed E-state index contributed by atoms with van der Waals surface area (Å²) in [6.07, 6.45) is 2.20. The van der Waals surface area contributed by atoms with Crippen molar-refractivity contribution in [1.29, 1.82) is 0 Å². The van der Waals surface area contributed by atoms with Crippen LogP contribution in [0.3, 0.4) is 0 Å². The Kier molecular flexibility index (Phi) is 5.08. The molecule has 0 saturated carbocycles. The maximum absolute atomic E-state index is 5.73. The minimum atomic E-state index is 0.532. The van der Waals surface area contributed by atoms with Crippen LogP contribution < -0.4 is 9.47 Å². The van der Waals surface area contributed by atoms with Crippen LogP contribution in [0.1, 0.15) is 33.3 Å². The molecule has 0 aliphatic carbocycles. The summed E-state index contributed by atoms with van der Waals surface area (Å²) in [6, 6.07) is 5.97. The SMILES string of the molecule is CC.COc1cccc2c1OCC(C(C)C)=C2. The van der Waals surface area contributed by atoms with Crippen LogP contribution in [0.15, 0.2) is 23.8 Å². The number of benzene rings is 1. The molecule has 2 nitrogen and oxygen atoms in total. The van der Waals surface area contributed by atoms with Crippen LogP contribution in [-0.4, -0.2) is 13.7 Å². The van der Waals surface area contributed by atoms with Crippen LogP contribution in [0.5, 0.6) is 11.5 Å². The average molecular weight is 234 g/mol. The molecule has 1 aliphatic heterocycles. The molecule has 0 atom stereocenters. The predicted molar refractivity (Wildman–Crippen MR) is 72.7 cm³/mol. The number of ether oxygens (including phenoxy) is 2. The fourth-order valence-corrected chi connectivity index (χ4v) is 1.69. The molecule has 0 amide bonds. The van der Waals surface area contributed by atoms with Crippen molar-refractivity contribution in [2.75, 3.05) is 13.7 Å². The maximum atomic E-state index is 5.73. The Labute approximate surface area is 104 Å². The van der Waals surface area contributed by atoms with E-state index in [4.69, 9.17) is 9.47 Å². The molecular weight excluding hydrogens is 212 g/mol. The lowest BCUT2D eigenvalue weighted by Gasteiger charge is -2.21. The van der Waals surface area contributed by atoms with Crippen molar-refractivity contribution < 1.29 is 9.47 Å². The van der Waals surface area contributed by atoms with Gasteiger partial charge in [-0.3, -0.25) is 0 Å². The summed E-state index contributed by atoms with van der Waals surface area (Å²) in [5.74, 6) is 2.21. The van der Waals surface area contributed by atoms with E-state index in [1.54, 1.807) is 7.11 Å². The van der Waals surface area contributed by atoms with Gasteiger partial charge in [-0.2, -0.15) is 0 Å². The van der Waals surface area contributed by atoms with E-state index in [9.17, 15) is 0 Å². The first kappa shape index (κ1) is 13.6. The predicted octanol–water partition coefficient (Wildman–Crippen LogP) is 4.15. The summed E-state index contributed by atoms with van der Waals surface area (Å²) >= 11 is 0. The minimum absolute atomic E-state index is 0.532. The van der Waals surface area contributed by atoms with E-state index in [-0.39, 0.29) is 0 Å². The van der Waals surface area contributed by atoms with Crippen LogP contribution in [-0.2, 0) is 0 Å². The van der Waals surface area contributed by atoms with E-state index >= 15 is 0 Å². The van der Waals surface area contributed by atoms with Crippen LogP contribution in [0.25, 0.3) is 6.08 Å². The van der Waals surface area contributed by atoms with Crippen molar-refractivity contribution >= 4 is 6.08 Å². The van der Waals surface area contributed by atoms with Gasteiger partial charge in [-0.15, -0.1) is 0 Å². The third-order valence-electron chi connectivity index (χ3n) is 2.69. The Balaban J connectivity index is 0.000000686. The molecule has 2 heteroatoms. The molecule has 17 heavy (non-hydrogen) atoms. The van der Waals surface area contributed by atoms with E-state index < -0.39 is 0 Å². The summed E-state index contributed by atoms with van der Waals surface area (Å²) in [6.45, 7) is 9.03. The highest BCUT2D eigenvalue weighted by Gasteiger charge is 2.16. The number of para-hydroxylation sites is 1. The van der Waals surface area contributed by atoms with E-state index in [0.29, 0.717) is 12.5 Å². The fraction of sp³-hybridized carbons (Fsp3) is 0.467. The van der Waals surface area contributed by atoms with Crippen molar-refractivity contribution in [3.8, 4) is 11.5 Å². The molecule has 0 spiro atoms. The van der Waals surface area contributed by atoms with Gasteiger partial charge < -0.3 is 9.47 Å². The maximum Gasteiger partial charge on any atom is 0.168 e. The largest absolute Gasteiger partial charge is 0.493 e. The first-order valence-electron chi connectivity index (χ1n) is 6.22. The fourth-order valence-electron chi connectivity index (χ4n) is 1.69. The molecule has 1 aromatic carbocycles. The topological polar surface area (TPSA) is 18.5 Å². The van der Waals surface area contributed by atoms with Gasteiger partial charge in [0.1, 0.15) is 6.61 Å². The third kappa shape index (κ3) is 3.02. The van der Waals surface area contributed by atoms with Crippen LogP contribution >= 0.6 is 0 Å². The molecule has 1 heterocycles. The molecule has 0 saturated heterocycles. The Hall–Kier alpha value is -1.44. The Morgan fingerprint density at radius 3 is 2.53 bits per heavy atom. The highest BCUT2D eigenvalue weighted by molar-refractivity contribution is 5.66. The second-order valence-electron chi connectivity index (χ2n) is 4.04. The van der Waals surface area contributed by atoms with Crippen molar-refractivity contribution in [2.45, 2.75) is 27.7 Å². The molecule has 0 unspecified atom stereocenters. The van der Waals surface area contributed by atoms with Gasteiger partial charge in [0.2, 0.25) is 0 Å². The van der Waals surface area contributed by atoms with Gasteiger partial charge in [-0.1, -0.05) is 39.8 Å². The molecular formula is C15H22O2. The van der Waals surface area contributed by atoms with Gasteiger partial charge in [0, 0.05) is 5.56 Å². The van der Waals surface area contributed by atoms with Gasteiger partial charge in [-0.05, 0) is 23.6 Å². The second kappa shape index (κ2) is 6.33. The minimum Gasteiger partial charge on any atom is -0.493 e.